The van der Waals surface area contributed by atoms with Crippen molar-refractivity contribution in [2.45, 2.75) is 6.42 Å². The highest BCUT2D eigenvalue weighted by molar-refractivity contribution is 7.87. The average molecular weight is 221 g/mol. The molecular weight excluding hydrogens is 206 g/mol. The molecule has 0 bridgehead atoms. The number of nitrogens with zero attached hydrogens (tertiary/aromatic N) is 2. The maximum atomic E-state index is 11.4. The maximum Gasteiger partial charge on any atom is 0.279 e. The molecule has 0 aromatic rings. The van der Waals surface area contributed by atoms with Gasteiger partial charge < -0.3 is 4.74 Å². The van der Waals surface area contributed by atoms with E-state index in [9.17, 15) is 8.42 Å². The molecule has 0 aliphatic carbocycles. The number of hydrogen-bond donors (Lipinski definition) is 1. The Labute approximate surface area is 84.6 Å². The van der Waals surface area contributed by atoms with Crippen molar-refractivity contribution in [2.24, 2.45) is 0 Å². The molecule has 6 nitrogen and oxygen atoms in total. The molecule has 0 aromatic carbocycles. The maximum absolute atomic E-state index is 11.4. The largest absolute Gasteiger partial charge is 0.383 e. The molecule has 0 amide bonds. The smallest absolute Gasteiger partial charge is 0.279 e. The molecule has 1 N–H and O–H groups in total. The molecule has 0 fully saturated rings. The molecule has 0 heterocycles. The second kappa shape index (κ2) is 6.73. The first-order chi connectivity index (χ1) is 6.54. The number of rotatable bonds is 7. The first kappa shape index (κ1) is 13.3. The van der Waals surface area contributed by atoms with Crippen LogP contribution in [0.4, 0.5) is 0 Å². The molecule has 0 spiro atoms. The molecule has 0 saturated heterocycles. The minimum absolute atomic E-state index is 0.182. The first-order valence-electron chi connectivity index (χ1n) is 4.11. The van der Waals surface area contributed by atoms with Crippen LogP contribution in [0.25, 0.3) is 0 Å². The molecule has 0 rings (SSSR count). The van der Waals surface area contributed by atoms with Gasteiger partial charge in [-0.3, -0.25) is 0 Å². The van der Waals surface area contributed by atoms with Gasteiger partial charge in [-0.05, 0) is 0 Å². The lowest BCUT2D eigenvalue weighted by atomic mass is 10.5. The SMILES string of the molecule is COCCNS(=O)(=O)N(C)CCC#N. The van der Waals surface area contributed by atoms with Crippen molar-refractivity contribution in [3.8, 4) is 6.07 Å². The van der Waals surface area contributed by atoms with E-state index in [0.717, 1.165) is 4.31 Å². The summed E-state index contributed by atoms with van der Waals surface area (Å²) in [6, 6.07) is 1.88. The highest BCUT2D eigenvalue weighted by Gasteiger charge is 2.15. The predicted molar refractivity (Wildman–Crippen MR) is 51.7 cm³/mol. The zero-order chi connectivity index (χ0) is 11.0. The molecule has 7 heteroatoms. The van der Waals surface area contributed by atoms with Crippen LogP contribution in [0.2, 0.25) is 0 Å². The van der Waals surface area contributed by atoms with E-state index in [1.807, 2.05) is 6.07 Å². The summed E-state index contributed by atoms with van der Waals surface area (Å²) >= 11 is 0. The Morgan fingerprint density at radius 1 is 1.57 bits per heavy atom. The van der Waals surface area contributed by atoms with Crippen LogP contribution in [0.1, 0.15) is 6.42 Å². The molecule has 0 saturated carbocycles. The van der Waals surface area contributed by atoms with Crippen molar-refractivity contribution in [1.82, 2.24) is 9.03 Å². The minimum atomic E-state index is -3.45. The van der Waals surface area contributed by atoms with E-state index in [0.29, 0.717) is 6.61 Å². The predicted octanol–water partition coefficient (Wildman–Crippen LogP) is -0.687. The quantitative estimate of drug-likeness (QED) is 0.577. The number of ether oxygens (including phenoxy) is 1. The van der Waals surface area contributed by atoms with Crippen LogP contribution in [0.15, 0.2) is 0 Å². The van der Waals surface area contributed by atoms with Crippen molar-refractivity contribution in [3.05, 3.63) is 0 Å². The van der Waals surface area contributed by atoms with Crippen molar-refractivity contribution < 1.29 is 13.2 Å². The number of hydrogen-bond acceptors (Lipinski definition) is 4. The third kappa shape index (κ3) is 5.14. The van der Waals surface area contributed by atoms with E-state index in [4.69, 9.17) is 10.00 Å². The van der Waals surface area contributed by atoms with Crippen LogP contribution in [-0.4, -0.2) is 46.6 Å². The Morgan fingerprint density at radius 3 is 2.71 bits per heavy atom. The highest BCUT2D eigenvalue weighted by atomic mass is 32.2. The summed E-state index contributed by atoms with van der Waals surface area (Å²) in [7, 11) is -0.536. The monoisotopic (exact) mass is 221 g/mol. The van der Waals surface area contributed by atoms with Gasteiger partial charge in [0.2, 0.25) is 0 Å². The molecule has 0 aliphatic heterocycles. The van der Waals surface area contributed by atoms with Gasteiger partial charge in [0, 0.05) is 33.7 Å². The molecule has 82 valence electrons. The molecule has 0 unspecified atom stereocenters. The lowest BCUT2D eigenvalue weighted by Crippen LogP contribution is -2.39. The lowest BCUT2D eigenvalue weighted by molar-refractivity contribution is 0.204. The summed E-state index contributed by atoms with van der Waals surface area (Å²) in [5.41, 5.74) is 0. The van der Waals surface area contributed by atoms with Crippen molar-refractivity contribution in [3.63, 3.8) is 0 Å². The molecule has 0 atom stereocenters. The van der Waals surface area contributed by atoms with Crippen molar-refractivity contribution >= 4 is 10.2 Å². The summed E-state index contributed by atoms with van der Waals surface area (Å²) in [5.74, 6) is 0. The van der Waals surface area contributed by atoms with Crippen LogP contribution in [-0.2, 0) is 14.9 Å². The number of nitriles is 1. The summed E-state index contributed by atoms with van der Waals surface area (Å²) in [6.45, 7) is 0.750. The lowest BCUT2D eigenvalue weighted by Gasteiger charge is -2.15. The van der Waals surface area contributed by atoms with Crippen LogP contribution in [0, 0.1) is 11.3 Å². The average Bonchev–Trinajstić information content (AvgIpc) is 2.14. The topological polar surface area (TPSA) is 82.4 Å². The van der Waals surface area contributed by atoms with Gasteiger partial charge in [-0.25, -0.2) is 0 Å². The summed E-state index contributed by atoms with van der Waals surface area (Å²) in [4.78, 5) is 0. The van der Waals surface area contributed by atoms with Gasteiger partial charge in [0.05, 0.1) is 12.7 Å². The fraction of sp³-hybridized carbons (Fsp3) is 0.857. The Kier molecular flexibility index (Phi) is 6.40. The summed E-state index contributed by atoms with van der Waals surface area (Å²) < 4.78 is 30.9. The molecule has 0 aromatic heterocycles. The van der Waals surface area contributed by atoms with Gasteiger partial charge in [0.15, 0.2) is 0 Å². The van der Waals surface area contributed by atoms with Gasteiger partial charge >= 0.3 is 0 Å². The van der Waals surface area contributed by atoms with Crippen LogP contribution < -0.4 is 4.72 Å². The fourth-order valence-electron chi connectivity index (χ4n) is 0.711. The van der Waals surface area contributed by atoms with Crippen molar-refractivity contribution in [2.75, 3.05) is 33.9 Å². The van der Waals surface area contributed by atoms with E-state index < -0.39 is 10.2 Å². The van der Waals surface area contributed by atoms with E-state index >= 15 is 0 Å². The zero-order valence-electron chi connectivity index (χ0n) is 8.36. The minimum Gasteiger partial charge on any atom is -0.383 e. The Bertz CT molecular complexity index is 283. The Hall–Kier alpha value is -0.680. The second-order valence-electron chi connectivity index (χ2n) is 2.62. The summed E-state index contributed by atoms with van der Waals surface area (Å²) in [6.07, 6.45) is 0.182. The van der Waals surface area contributed by atoms with Crippen LogP contribution in [0.3, 0.4) is 0 Å². The molecule has 0 aliphatic rings. The zero-order valence-corrected chi connectivity index (χ0v) is 9.17. The van der Waals surface area contributed by atoms with E-state index in [1.54, 1.807) is 0 Å². The third-order valence-corrected chi connectivity index (χ3v) is 3.11. The van der Waals surface area contributed by atoms with E-state index in [1.165, 1.54) is 14.2 Å². The standard InChI is InChI=1S/C7H15N3O3S/c1-10(6-3-4-8)14(11,12)9-5-7-13-2/h9H,3,5-7H2,1-2H3. The number of nitrogens with one attached hydrogen (secondary N) is 1. The number of methoxy groups -OCH3 is 1. The van der Waals surface area contributed by atoms with Crippen molar-refractivity contribution in [1.29, 1.82) is 5.26 Å². The molecular formula is C7H15N3O3S. The molecule has 14 heavy (non-hydrogen) atoms. The van der Waals surface area contributed by atoms with Gasteiger partial charge in [0.25, 0.3) is 10.2 Å². The molecule has 0 radical (unpaired) electrons. The fourth-order valence-corrected chi connectivity index (χ4v) is 1.60. The Morgan fingerprint density at radius 2 is 2.21 bits per heavy atom. The normalized spacial score (nSPS) is 11.6. The van der Waals surface area contributed by atoms with Gasteiger partial charge in [-0.15, -0.1) is 0 Å². The van der Waals surface area contributed by atoms with Gasteiger partial charge in [0.1, 0.15) is 0 Å². The first-order valence-corrected chi connectivity index (χ1v) is 5.55. The summed E-state index contributed by atoms with van der Waals surface area (Å²) in [5, 5.41) is 8.28. The van der Waals surface area contributed by atoms with Crippen LogP contribution in [0.5, 0.6) is 0 Å². The van der Waals surface area contributed by atoms with Crippen LogP contribution >= 0.6 is 0 Å². The van der Waals surface area contributed by atoms with Gasteiger partial charge in [-0.2, -0.15) is 22.7 Å². The second-order valence-corrected chi connectivity index (χ2v) is 4.48. The van der Waals surface area contributed by atoms with E-state index in [2.05, 4.69) is 4.72 Å². The Balaban J connectivity index is 3.98. The highest BCUT2D eigenvalue weighted by Crippen LogP contribution is 1.94. The van der Waals surface area contributed by atoms with E-state index in [-0.39, 0.29) is 19.5 Å². The van der Waals surface area contributed by atoms with Gasteiger partial charge in [-0.1, -0.05) is 0 Å². The third-order valence-electron chi connectivity index (χ3n) is 1.54.